The Balaban J connectivity index is 2.22. The Morgan fingerprint density at radius 1 is 1.41 bits per heavy atom. The highest BCUT2D eigenvalue weighted by atomic mass is 32.1. The van der Waals surface area contributed by atoms with Crippen molar-refractivity contribution >= 4 is 17.2 Å². The molecule has 0 aliphatic carbocycles. The summed E-state index contributed by atoms with van der Waals surface area (Å²) < 4.78 is 0. The summed E-state index contributed by atoms with van der Waals surface area (Å²) in [6.07, 6.45) is 1.79. The fourth-order valence-electron chi connectivity index (χ4n) is 1.37. The van der Waals surface area contributed by atoms with E-state index in [0.717, 1.165) is 16.1 Å². The Labute approximate surface area is 103 Å². The molecule has 0 aliphatic rings. The van der Waals surface area contributed by atoms with E-state index in [9.17, 15) is 0 Å². The molecule has 0 amide bonds. The van der Waals surface area contributed by atoms with Crippen LogP contribution in [0.1, 0.15) is 21.7 Å². The van der Waals surface area contributed by atoms with Crippen LogP contribution in [0.25, 0.3) is 0 Å². The van der Waals surface area contributed by atoms with Crippen LogP contribution in [0, 0.1) is 25.2 Å². The maximum absolute atomic E-state index is 9.11. The number of nitrogens with one attached hydrogen (secondary N) is 1. The summed E-state index contributed by atoms with van der Waals surface area (Å²) >= 11 is 1.56. The first-order chi connectivity index (χ1) is 8.22. The van der Waals surface area contributed by atoms with Crippen LogP contribution in [-0.2, 0) is 6.54 Å². The van der Waals surface area contributed by atoms with Gasteiger partial charge in [0.25, 0.3) is 0 Å². The molecule has 2 aromatic heterocycles. The summed E-state index contributed by atoms with van der Waals surface area (Å²) in [5.41, 5.74) is 3.98. The highest BCUT2D eigenvalue weighted by Crippen LogP contribution is 2.18. The quantitative estimate of drug-likeness (QED) is 0.895. The number of rotatable bonds is 3. The number of aromatic nitrogens is 3. The average molecular weight is 245 g/mol. The SMILES string of the molecule is Cc1nnc(NCc2cncs2)c(C#N)c1C. The molecule has 2 heterocycles. The molecule has 0 aliphatic heterocycles. The lowest BCUT2D eigenvalue weighted by molar-refractivity contribution is 0.943. The molecule has 6 heteroatoms. The number of thiazole rings is 1. The number of hydrogen-bond donors (Lipinski definition) is 1. The van der Waals surface area contributed by atoms with E-state index < -0.39 is 0 Å². The van der Waals surface area contributed by atoms with Crippen molar-refractivity contribution in [1.82, 2.24) is 15.2 Å². The van der Waals surface area contributed by atoms with Crippen molar-refractivity contribution in [1.29, 1.82) is 5.26 Å². The Morgan fingerprint density at radius 3 is 2.88 bits per heavy atom. The summed E-state index contributed by atoms with van der Waals surface area (Å²) in [5.74, 6) is 0.531. The van der Waals surface area contributed by atoms with Crippen LogP contribution >= 0.6 is 11.3 Å². The number of nitrogens with zero attached hydrogens (tertiary/aromatic N) is 4. The number of nitriles is 1. The second-order valence-electron chi connectivity index (χ2n) is 3.57. The van der Waals surface area contributed by atoms with E-state index in [-0.39, 0.29) is 0 Å². The summed E-state index contributed by atoms with van der Waals surface area (Å²) in [6, 6.07) is 2.16. The maximum Gasteiger partial charge on any atom is 0.167 e. The third-order valence-corrected chi connectivity index (χ3v) is 3.26. The van der Waals surface area contributed by atoms with Crippen LogP contribution in [0.3, 0.4) is 0 Å². The molecular weight excluding hydrogens is 234 g/mol. The topological polar surface area (TPSA) is 74.5 Å². The van der Waals surface area contributed by atoms with E-state index in [0.29, 0.717) is 17.9 Å². The van der Waals surface area contributed by atoms with Gasteiger partial charge in [0.1, 0.15) is 11.6 Å². The van der Waals surface area contributed by atoms with Crippen LogP contribution in [-0.4, -0.2) is 15.2 Å². The first-order valence-corrected chi connectivity index (χ1v) is 5.95. The third-order valence-electron chi connectivity index (χ3n) is 2.48. The van der Waals surface area contributed by atoms with Crippen molar-refractivity contribution < 1.29 is 0 Å². The van der Waals surface area contributed by atoms with Crippen molar-refractivity contribution in [3.63, 3.8) is 0 Å². The molecule has 5 nitrogen and oxygen atoms in total. The fraction of sp³-hybridized carbons (Fsp3) is 0.273. The maximum atomic E-state index is 9.11. The predicted octanol–water partition coefficient (Wildman–Crippen LogP) is 2.03. The van der Waals surface area contributed by atoms with Crippen LogP contribution in [0.15, 0.2) is 11.7 Å². The van der Waals surface area contributed by atoms with E-state index in [1.165, 1.54) is 0 Å². The van der Waals surface area contributed by atoms with Gasteiger partial charge in [-0.3, -0.25) is 4.98 Å². The number of anilines is 1. The minimum atomic E-state index is 0.531. The molecule has 86 valence electrons. The zero-order valence-corrected chi connectivity index (χ0v) is 10.4. The molecule has 2 aromatic rings. The lowest BCUT2D eigenvalue weighted by atomic mass is 10.1. The second-order valence-corrected chi connectivity index (χ2v) is 4.54. The van der Waals surface area contributed by atoms with Crippen molar-refractivity contribution in [2.45, 2.75) is 20.4 Å². The number of aryl methyl sites for hydroxylation is 1. The van der Waals surface area contributed by atoms with Crippen LogP contribution in [0.5, 0.6) is 0 Å². The first-order valence-electron chi connectivity index (χ1n) is 5.07. The molecule has 0 radical (unpaired) electrons. The van der Waals surface area contributed by atoms with E-state index in [2.05, 4.69) is 26.6 Å². The second kappa shape index (κ2) is 4.89. The standard InChI is InChI=1S/C11H11N5S/c1-7-8(2)15-16-11(10(7)3-12)14-5-9-4-13-6-17-9/h4,6H,5H2,1-2H3,(H,14,16). The molecular formula is C11H11N5S. The van der Waals surface area contributed by atoms with Gasteiger partial charge in [-0.1, -0.05) is 0 Å². The van der Waals surface area contributed by atoms with E-state index in [4.69, 9.17) is 5.26 Å². The van der Waals surface area contributed by atoms with E-state index >= 15 is 0 Å². The van der Waals surface area contributed by atoms with Crippen LogP contribution in [0.4, 0.5) is 5.82 Å². The van der Waals surface area contributed by atoms with Gasteiger partial charge < -0.3 is 5.32 Å². The fourth-order valence-corrected chi connectivity index (χ4v) is 1.90. The van der Waals surface area contributed by atoms with Gasteiger partial charge in [-0.25, -0.2) is 0 Å². The van der Waals surface area contributed by atoms with E-state index in [1.807, 2.05) is 13.8 Å². The Bertz CT molecular complexity index is 556. The molecule has 0 aromatic carbocycles. The number of hydrogen-bond acceptors (Lipinski definition) is 6. The molecule has 0 fully saturated rings. The summed E-state index contributed by atoms with van der Waals surface area (Å²) in [6.45, 7) is 4.33. The van der Waals surface area contributed by atoms with Gasteiger partial charge in [0.05, 0.1) is 17.7 Å². The molecule has 1 N–H and O–H groups in total. The van der Waals surface area contributed by atoms with E-state index in [1.54, 1.807) is 23.0 Å². The smallest absolute Gasteiger partial charge is 0.167 e. The lowest BCUT2D eigenvalue weighted by Gasteiger charge is -2.08. The van der Waals surface area contributed by atoms with Gasteiger partial charge in [-0.2, -0.15) is 10.4 Å². The van der Waals surface area contributed by atoms with Gasteiger partial charge >= 0.3 is 0 Å². The van der Waals surface area contributed by atoms with Gasteiger partial charge in [-0.15, -0.1) is 16.4 Å². The third kappa shape index (κ3) is 2.40. The van der Waals surface area contributed by atoms with Crippen LogP contribution in [0.2, 0.25) is 0 Å². The molecule has 0 atom stereocenters. The van der Waals surface area contributed by atoms with Crippen molar-refractivity contribution in [2.75, 3.05) is 5.32 Å². The Hall–Kier alpha value is -2.00. The van der Waals surface area contributed by atoms with Gasteiger partial charge in [0.2, 0.25) is 0 Å². The molecule has 0 bridgehead atoms. The molecule has 17 heavy (non-hydrogen) atoms. The summed E-state index contributed by atoms with van der Waals surface area (Å²) in [7, 11) is 0. The minimum absolute atomic E-state index is 0.531. The molecule has 0 saturated heterocycles. The Kier molecular flexibility index (Phi) is 3.30. The highest BCUT2D eigenvalue weighted by molar-refractivity contribution is 7.09. The first kappa shape index (κ1) is 11.5. The highest BCUT2D eigenvalue weighted by Gasteiger charge is 2.10. The zero-order chi connectivity index (χ0) is 12.3. The monoisotopic (exact) mass is 245 g/mol. The molecule has 2 rings (SSSR count). The van der Waals surface area contributed by atoms with Gasteiger partial charge in [-0.05, 0) is 19.4 Å². The molecule has 0 spiro atoms. The van der Waals surface area contributed by atoms with Gasteiger partial charge in [0.15, 0.2) is 5.82 Å². The van der Waals surface area contributed by atoms with Gasteiger partial charge in [0, 0.05) is 11.1 Å². The minimum Gasteiger partial charge on any atom is -0.363 e. The van der Waals surface area contributed by atoms with Crippen LogP contribution < -0.4 is 5.32 Å². The normalized spacial score (nSPS) is 9.94. The zero-order valence-electron chi connectivity index (χ0n) is 9.56. The Morgan fingerprint density at radius 2 is 2.24 bits per heavy atom. The summed E-state index contributed by atoms with van der Waals surface area (Å²) in [5, 5.41) is 20.2. The molecule has 0 saturated carbocycles. The largest absolute Gasteiger partial charge is 0.363 e. The molecule has 0 unspecified atom stereocenters. The van der Waals surface area contributed by atoms with Crippen molar-refractivity contribution in [3.05, 3.63) is 33.4 Å². The average Bonchev–Trinajstić information content (AvgIpc) is 2.83. The predicted molar refractivity (Wildman–Crippen MR) is 65.7 cm³/mol. The van der Waals surface area contributed by atoms with Crippen molar-refractivity contribution in [2.24, 2.45) is 0 Å². The van der Waals surface area contributed by atoms with Crippen molar-refractivity contribution in [3.8, 4) is 6.07 Å². The summed E-state index contributed by atoms with van der Waals surface area (Å²) in [4.78, 5) is 5.08. The lowest BCUT2D eigenvalue weighted by Crippen LogP contribution is -2.06.